The summed E-state index contributed by atoms with van der Waals surface area (Å²) in [7, 11) is -0.335. The topological polar surface area (TPSA) is 58.6 Å². The molecule has 207 valence electrons. The zero-order valence-corrected chi connectivity index (χ0v) is 24.8. The lowest BCUT2D eigenvalue weighted by atomic mass is 10.0. The number of unbranched alkanes of at least 4 members (excludes halogenated alkanes) is 18. The molecule has 1 unspecified atom stereocenters. The zero-order chi connectivity index (χ0) is 27.4. The van der Waals surface area contributed by atoms with Crippen LogP contribution in [-0.2, 0) is 8.98 Å². The Bertz CT molecular complexity index is 500. The van der Waals surface area contributed by atoms with Crippen LogP contribution in [0.25, 0.3) is 0 Å². The number of aliphatic hydroxyl groups excluding tert-OH is 1. The molecule has 0 aromatic heterocycles. The first-order valence-corrected chi connectivity index (χ1v) is 17.1. The van der Waals surface area contributed by atoms with Gasteiger partial charge in [-0.05, 0) is 14.2 Å². The predicted molar refractivity (Wildman–Crippen MR) is 160 cm³/mol. The Kier molecular flexibility index (Phi) is 25.9. The summed E-state index contributed by atoms with van der Waals surface area (Å²) in [5.41, 5.74) is 0. The van der Waals surface area contributed by atoms with Gasteiger partial charge in [0.15, 0.2) is 0 Å². The van der Waals surface area contributed by atoms with Crippen molar-refractivity contribution in [1.29, 1.82) is 2.61 Å². The standard InChI is InChI=1S/C28H58BNO3PS/c1-3-5-7-9-11-13-14-16-18-20-22-24-28(32)30-26(25-33-35-34-29)27(31)23-21-19-17-15-12-10-8-6-4-2/h26-27,29,31,34H,3-25H2,1-2H3,(H,30,32)/t26-,27+,34?/m0/s1/i29T,34D. The van der Waals surface area contributed by atoms with E-state index in [1.54, 1.807) is 0 Å². The van der Waals surface area contributed by atoms with Gasteiger partial charge in [-0.15, -0.1) is 0 Å². The summed E-state index contributed by atoms with van der Waals surface area (Å²) in [5, 5.41) is 13.7. The first kappa shape index (κ1) is 31.5. The van der Waals surface area contributed by atoms with Crippen LogP contribution in [0.1, 0.15) is 155 Å². The Morgan fingerprint density at radius 3 is 1.83 bits per heavy atom. The van der Waals surface area contributed by atoms with Crippen LogP contribution in [0, 0.1) is 0 Å². The lowest BCUT2D eigenvalue weighted by molar-refractivity contribution is -0.123. The molecule has 0 bridgehead atoms. The molecule has 1 radical (unpaired) electrons. The predicted octanol–water partition coefficient (Wildman–Crippen LogP) is 8.53. The van der Waals surface area contributed by atoms with Crippen LogP contribution >= 0.6 is 19.3 Å². The van der Waals surface area contributed by atoms with Crippen molar-refractivity contribution >= 4 is 32.7 Å². The minimum Gasteiger partial charge on any atom is -0.391 e. The molecule has 7 heteroatoms. The quantitative estimate of drug-likeness (QED) is 0.0438. The van der Waals surface area contributed by atoms with E-state index >= 15 is 0 Å². The molecule has 3 atom stereocenters. The average Bonchev–Trinajstić information content (AvgIpc) is 2.89. The molecule has 0 aliphatic rings. The second kappa shape index (κ2) is 28.8. The monoisotopic (exact) mass is 533 g/mol. The molecule has 0 aromatic carbocycles. The fourth-order valence-electron chi connectivity index (χ4n) is 4.48. The van der Waals surface area contributed by atoms with Crippen LogP contribution < -0.4 is 5.32 Å². The molecule has 0 heterocycles. The summed E-state index contributed by atoms with van der Waals surface area (Å²) < 4.78 is 20.3. The van der Waals surface area contributed by atoms with E-state index in [0.717, 1.165) is 44.9 Å². The summed E-state index contributed by atoms with van der Waals surface area (Å²) in [4.78, 5) is 12.5. The van der Waals surface area contributed by atoms with Crippen molar-refractivity contribution in [3.8, 4) is 0 Å². The molecule has 0 fully saturated rings. The highest BCUT2D eigenvalue weighted by Gasteiger charge is 2.21. The van der Waals surface area contributed by atoms with Gasteiger partial charge in [0.1, 0.15) is 7.53 Å². The highest BCUT2D eigenvalue weighted by atomic mass is 32.7. The summed E-state index contributed by atoms with van der Waals surface area (Å²) in [6.07, 6.45) is 25.3. The highest BCUT2D eigenvalue weighted by molar-refractivity contribution is 8.53. The van der Waals surface area contributed by atoms with Crippen molar-refractivity contribution in [1.82, 2.24) is 5.32 Å². The van der Waals surface area contributed by atoms with E-state index in [9.17, 15) is 9.90 Å². The van der Waals surface area contributed by atoms with Crippen LogP contribution in [0.15, 0.2) is 0 Å². The number of carbonyl (C=O) groups excluding carboxylic acids is 1. The maximum Gasteiger partial charge on any atom is 0.220 e. The number of carbonyl (C=O) groups is 1. The maximum atomic E-state index is 12.5. The van der Waals surface area contributed by atoms with Gasteiger partial charge in [-0.25, -0.2) is 0 Å². The van der Waals surface area contributed by atoms with Crippen LogP contribution in [-0.4, -0.2) is 39.9 Å². The molecule has 0 rings (SSSR count). The molecule has 35 heavy (non-hydrogen) atoms. The van der Waals surface area contributed by atoms with Crippen molar-refractivity contribution in [2.24, 2.45) is 0 Å². The second-order valence-corrected chi connectivity index (χ2v) is 11.8. The Balaban J connectivity index is 4.11. The van der Waals surface area contributed by atoms with E-state index in [0.29, 0.717) is 12.8 Å². The third kappa shape index (κ3) is 25.7. The molecule has 4 nitrogen and oxygen atoms in total. The SMILES string of the molecule is [2H]P([B][3H])SOC[C@H](NC(=O)CCCCCCCCCCCCC)[C@H](O)CCCCCCCCCCC. The lowest BCUT2D eigenvalue weighted by Gasteiger charge is -2.24. The molecule has 1 amide bonds. The Labute approximate surface area is 228 Å². The van der Waals surface area contributed by atoms with Gasteiger partial charge in [-0.3, -0.25) is 4.79 Å². The van der Waals surface area contributed by atoms with E-state index < -0.39 is 19.8 Å². The third-order valence-corrected chi connectivity index (χ3v) is 7.67. The molecular weight excluding hydrogens is 472 g/mol. The minimum absolute atomic E-state index is 0.0270. The number of rotatable bonds is 29. The van der Waals surface area contributed by atoms with E-state index in [1.165, 1.54) is 103 Å². The van der Waals surface area contributed by atoms with Gasteiger partial charge in [-0.1, -0.05) is 143 Å². The molecule has 0 aliphatic heterocycles. The molecule has 0 saturated carbocycles. The van der Waals surface area contributed by atoms with Crippen LogP contribution in [0.5, 0.6) is 0 Å². The van der Waals surface area contributed by atoms with Gasteiger partial charge in [0.25, 0.3) is 0 Å². The van der Waals surface area contributed by atoms with Crippen LogP contribution in [0.2, 0.25) is 0 Å². The van der Waals surface area contributed by atoms with Gasteiger partial charge >= 0.3 is 0 Å². The third-order valence-electron chi connectivity index (χ3n) is 6.77. The number of nitrogens with one attached hydrogen (secondary N) is 1. The first-order valence-electron chi connectivity index (χ1n) is 15.8. The normalized spacial score (nSPS) is 14.7. The molecule has 2 N–H and O–H groups in total. The smallest absolute Gasteiger partial charge is 0.220 e. The maximum absolute atomic E-state index is 12.5. The minimum atomic E-state index is -1.40. The van der Waals surface area contributed by atoms with Gasteiger partial charge in [0.05, 0.1) is 20.0 Å². The Morgan fingerprint density at radius 1 is 0.886 bits per heavy atom. The largest absolute Gasteiger partial charge is 0.391 e. The molecule has 0 spiro atoms. The fraction of sp³-hybridized carbons (Fsp3) is 0.964. The van der Waals surface area contributed by atoms with Crippen molar-refractivity contribution in [3.05, 3.63) is 0 Å². The number of amides is 1. The van der Waals surface area contributed by atoms with E-state index in [-0.39, 0.29) is 12.5 Å². The van der Waals surface area contributed by atoms with Gasteiger partial charge < -0.3 is 14.6 Å². The van der Waals surface area contributed by atoms with Gasteiger partial charge in [0, 0.05) is 18.1 Å². The molecular formula is C28H58BNO3PS. The molecule has 0 aliphatic carbocycles. The molecule has 0 saturated heterocycles. The number of hydrogen-bond donors (Lipinski definition) is 2. The van der Waals surface area contributed by atoms with E-state index in [1.807, 2.05) is 0 Å². The van der Waals surface area contributed by atoms with Gasteiger partial charge in [-0.2, -0.15) is 0 Å². The first-order chi connectivity index (χ1) is 18.0. The molecule has 0 aromatic rings. The summed E-state index contributed by atoms with van der Waals surface area (Å²) >= 11 is 0.954. The summed E-state index contributed by atoms with van der Waals surface area (Å²) in [6.45, 7) is 4.66. The lowest BCUT2D eigenvalue weighted by Crippen LogP contribution is -2.46. The van der Waals surface area contributed by atoms with E-state index in [2.05, 4.69) is 19.2 Å². The second-order valence-electron chi connectivity index (χ2n) is 10.1. The average molecular weight is 534 g/mol. The zero-order valence-electron chi connectivity index (χ0n) is 25.1. The van der Waals surface area contributed by atoms with Crippen LogP contribution in [0.4, 0.5) is 0 Å². The van der Waals surface area contributed by atoms with Crippen molar-refractivity contribution in [2.75, 3.05) is 6.61 Å². The summed E-state index contributed by atoms with van der Waals surface area (Å²) in [6, 6.07) is -0.462. The summed E-state index contributed by atoms with van der Waals surface area (Å²) in [5.74, 6) is -0.0270. The number of hydrogen-bond acceptors (Lipinski definition) is 4. The Morgan fingerprint density at radius 2 is 1.34 bits per heavy atom. The fourth-order valence-corrected chi connectivity index (χ4v) is 5.11. The Hall–Kier alpha value is 0.235. The van der Waals surface area contributed by atoms with Crippen LogP contribution in [0.3, 0.4) is 0 Å². The van der Waals surface area contributed by atoms with Gasteiger partial charge in [0.2, 0.25) is 5.91 Å². The van der Waals surface area contributed by atoms with Crippen molar-refractivity contribution in [2.45, 2.75) is 167 Å². The number of aliphatic hydroxyl groups is 1. The van der Waals surface area contributed by atoms with E-state index in [4.69, 9.17) is 6.80 Å². The highest BCUT2D eigenvalue weighted by Crippen LogP contribution is 2.25. The van der Waals surface area contributed by atoms with Crippen molar-refractivity contribution in [3.63, 3.8) is 0 Å². The van der Waals surface area contributed by atoms with Crippen molar-refractivity contribution < 1.29 is 14.1 Å².